The number of fused-ring (bicyclic) bond motifs is 2. The molecule has 9 nitrogen and oxygen atoms in total. The van der Waals surface area contributed by atoms with Crippen LogP contribution in [0.25, 0.3) is 0 Å². The molecule has 2 fully saturated rings. The standard InChI is InChI=1S/C34H39N3O6/c1-4-24(22-38)37-29-32(41)35(21-23-11-7-6-8-12-23)19-10-18-34(29)28(31(37)40)27-30(39)36(20-9-17-33(27,3)43-34)25-13-15-26(16-14-25)42-5-2/h6-18,24,27-29,38H,4-5,19-22H2,1-3H3/t24-,27+,28-,29?,33-,34-/m0/s1. The quantitative estimate of drug-likeness (QED) is 0.478. The summed E-state index contributed by atoms with van der Waals surface area (Å²) in [5.74, 6) is -1.95. The Balaban J connectivity index is 1.42. The third-order valence-corrected chi connectivity index (χ3v) is 9.33. The van der Waals surface area contributed by atoms with Gasteiger partial charge in [0.15, 0.2) is 0 Å². The first kappa shape index (κ1) is 29.1. The van der Waals surface area contributed by atoms with Crippen LogP contribution in [0.3, 0.4) is 0 Å². The Morgan fingerprint density at radius 3 is 2.33 bits per heavy atom. The third kappa shape index (κ3) is 4.66. The smallest absolute Gasteiger partial charge is 0.249 e. The number of amides is 3. The van der Waals surface area contributed by atoms with Crippen molar-refractivity contribution in [2.75, 3.05) is 31.2 Å². The summed E-state index contributed by atoms with van der Waals surface area (Å²) >= 11 is 0. The molecule has 9 heteroatoms. The molecule has 0 aromatic heterocycles. The first-order valence-electron chi connectivity index (χ1n) is 15.1. The van der Waals surface area contributed by atoms with Crippen molar-refractivity contribution in [2.45, 2.75) is 57.0 Å². The van der Waals surface area contributed by atoms with Crippen LogP contribution in [0.4, 0.5) is 5.69 Å². The van der Waals surface area contributed by atoms with E-state index in [4.69, 9.17) is 9.47 Å². The summed E-state index contributed by atoms with van der Waals surface area (Å²) in [6, 6.07) is 15.4. The molecule has 0 aliphatic carbocycles. The average molecular weight is 586 g/mol. The number of aliphatic hydroxyl groups is 1. The molecule has 6 rings (SSSR count). The van der Waals surface area contributed by atoms with Gasteiger partial charge >= 0.3 is 0 Å². The molecule has 43 heavy (non-hydrogen) atoms. The average Bonchev–Trinajstić information content (AvgIpc) is 3.28. The minimum Gasteiger partial charge on any atom is -0.494 e. The van der Waals surface area contributed by atoms with E-state index in [1.165, 1.54) is 4.90 Å². The van der Waals surface area contributed by atoms with Crippen molar-refractivity contribution in [3.63, 3.8) is 0 Å². The fraction of sp³-hybridized carbons (Fsp3) is 0.441. The maximum Gasteiger partial charge on any atom is 0.249 e. The first-order valence-corrected chi connectivity index (χ1v) is 15.1. The summed E-state index contributed by atoms with van der Waals surface area (Å²) < 4.78 is 12.5. The summed E-state index contributed by atoms with van der Waals surface area (Å²) in [6.07, 6.45) is 7.95. The van der Waals surface area contributed by atoms with Gasteiger partial charge in [-0.05, 0) is 50.1 Å². The minimum atomic E-state index is -1.37. The summed E-state index contributed by atoms with van der Waals surface area (Å²) in [7, 11) is 0. The van der Waals surface area contributed by atoms with Crippen molar-refractivity contribution in [3.05, 3.63) is 84.5 Å². The molecule has 1 unspecified atom stereocenters. The molecule has 3 amide bonds. The van der Waals surface area contributed by atoms with E-state index < -0.39 is 35.1 Å². The van der Waals surface area contributed by atoms with Gasteiger partial charge < -0.3 is 29.3 Å². The zero-order valence-electron chi connectivity index (χ0n) is 24.9. The molecule has 6 atom stereocenters. The van der Waals surface area contributed by atoms with Crippen LogP contribution in [0.5, 0.6) is 5.75 Å². The molecule has 0 bridgehead atoms. The van der Waals surface area contributed by atoms with Crippen molar-refractivity contribution in [3.8, 4) is 5.75 Å². The van der Waals surface area contributed by atoms with Crippen molar-refractivity contribution < 1.29 is 29.0 Å². The van der Waals surface area contributed by atoms with Gasteiger partial charge in [-0.3, -0.25) is 14.4 Å². The van der Waals surface area contributed by atoms with Crippen LogP contribution < -0.4 is 9.64 Å². The highest BCUT2D eigenvalue weighted by molar-refractivity contribution is 6.04. The highest BCUT2D eigenvalue weighted by Gasteiger charge is 2.75. The molecule has 2 saturated heterocycles. The number of anilines is 1. The molecule has 2 aromatic carbocycles. The number of rotatable bonds is 8. The van der Waals surface area contributed by atoms with Gasteiger partial charge in [-0.25, -0.2) is 0 Å². The molecular weight excluding hydrogens is 546 g/mol. The third-order valence-electron chi connectivity index (χ3n) is 9.33. The van der Waals surface area contributed by atoms with Gasteiger partial charge in [0.1, 0.15) is 17.4 Å². The lowest BCUT2D eigenvalue weighted by Crippen LogP contribution is -2.58. The van der Waals surface area contributed by atoms with Crippen molar-refractivity contribution >= 4 is 23.4 Å². The van der Waals surface area contributed by atoms with E-state index in [2.05, 4.69) is 0 Å². The zero-order chi connectivity index (χ0) is 30.4. The number of likely N-dealkylation sites (tertiary alicyclic amines) is 1. The van der Waals surface area contributed by atoms with Crippen molar-refractivity contribution in [2.24, 2.45) is 11.8 Å². The van der Waals surface area contributed by atoms with Crippen LogP contribution in [0.1, 0.15) is 32.8 Å². The lowest BCUT2D eigenvalue weighted by atomic mass is 9.74. The Morgan fingerprint density at radius 2 is 1.65 bits per heavy atom. The fourth-order valence-electron chi connectivity index (χ4n) is 7.38. The number of hydrogen-bond acceptors (Lipinski definition) is 6. The highest BCUT2D eigenvalue weighted by Crippen LogP contribution is 2.58. The number of benzene rings is 2. The number of carbonyl (C=O) groups is 3. The van der Waals surface area contributed by atoms with E-state index >= 15 is 0 Å². The molecule has 1 N–H and O–H groups in total. The monoisotopic (exact) mass is 585 g/mol. The predicted octanol–water partition coefficient (Wildman–Crippen LogP) is 3.33. The molecule has 2 aromatic rings. The maximum atomic E-state index is 14.6. The SMILES string of the molecule is CCOc1ccc(N2CC=C[C@]3(C)O[C@]45C=CCN(Cc6ccccc6)C(=O)C4N([C@@H](CC)CO)C(=O)[C@@H]5[C@@H]3C2=O)cc1. The Labute approximate surface area is 252 Å². The van der Waals surface area contributed by atoms with Crippen LogP contribution in [-0.4, -0.2) is 82.2 Å². The molecule has 0 radical (unpaired) electrons. The van der Waals surface area contributed by atoms with E-state index in [9.17, 15) is 19.5 Å². The predicted molar refractivity (Wildman–Crippen MR) is 161 cm³/mol. The second-order valence-electron chi connectivity index (χ2n) is 11.9. The zero-order valence-corrected chi connectivity index (χ0v) is 24.9. The molecule has 226 valence electrons. The Morgan fingerprint density at radius 1 is 0.930 bits per heavy atom. The molecule has 4 aliphatic heterocycles. The topological polar surface area (TPSA) is 99.6 Å². The van der Waals surface area contributed by atoms with Crippen LogP contribution in [0.15, 0.2) is 78.9 Å². The van der Waals surface area contributed by atoms with Gasteiger partial charge in [0, 0.05) is 25.3 Å². The highest BCUT2D eigenvalue weighted by atomic mass is 16.5. The van der Waals surface area contributed by atoms with Crippen LogP contribution in [0, 0.1) is 11.8 Å². The van der Waals surface area contributed by atoms with Gasteiger partial charge in [-0.1, -0.05) is 61.6 Å². The van der Waals surface area contributed by atoms with E-state index in [0.717, 1.165) is 5.56 Å². The number of aliphatic hydroxyl groups excluding tert-OH is 1. The van der Waals surface area contributed by atoms with E-state index in [1.54, 1.807) is 9.80 Å². The Bertz CT molecular complexity index is 1440. The van der Waals surface area contributed by atoms with Crippen molar-refractivity contribution in [1.82, 2.24) is 9.80 Å². The number of carbonyl (C=O) groups excluding carboxylic acids is 3. The number of ether oxygens (including phenoxy) is 2. The molecular formula is C34H39N3O6. The summed E-state index contributed by atoms with van der Waals surface area (Å²) in [6.45, 7) is 6.88. The second-order valence-corrected chi connectivity index (χ2v) is 11.9. The van der Waals surface area contributed by atoms with Gasteiger partial charge in [0.2, 0.25) is 17.7 Å². The summed E-state index contributed by atoms with van der Waals surface area (Å²) in [5.41, 5.74) is -0.841. The van der Waals surface area contributed by atoms with Crippen LogP contribution >= 0.6 is 0 Å². The Kier molecular flexibility index (Phi) is 7.64. The lowest BCUT2D eigenvalue weighted by Gasteiger charge is -2.40. The minimum absolute atomic E-state index is 0.240. The van der Waals surface area contributed by atoms with Crippen LogP contribution in [-0.2, 0) is 25.7 Å². The summed E-state index contributed by atoms with van der Waals surface area (Å²) in [4.78, 5) is 48.5. The molecule has 4 heterocycles. The Hall–Kier alpha value is -3.95. The normalized spacial score (nSPS) is 30.6. The number of nitrogens with zero attached hydrogens (tertiary/aromatic N) is 3. The molecule has 4 aliphatic rings. The van der Waals surface area contributed by atoms with Gasteiger partial charge in [-0.15, -0.1) is 0 Å². The summed E-state index contributed by atoms with van der Waals surface area (Å²) in [5, 5.41) is 10.4. The van der Waals surface area contributed by atoms with E-state index in [1.807, 2.05) is 99.7 Å². The van der Waals surface area contributed by atoms with Crippen molar-refractivity contribution in [1.29, 1.82) is 0 Å². The number of hydrogen-bond donors (Lipinski definition) is 1. The molecule has 0 saturated carbocycles. The van der Waals surface area contributed by atoms with Gasteiger partial charge in [-0.2, -0.15) is 0 Å². The van der Waals surface area contributed by atoms with Gasteiger partial charge in [0.25, 0.3) is 0 Å². The largest absolute Gasteiger partial charge is 0.494 e. The van der Waals surface area contributed by atoms with E-state index in [-0.39, 0.29) is 24.3 Å². The van der Waals surface area contributed by atoms with Gasteiger partial charge in [0.05, 0.1) is 36.7 Å². The second kappa shape index (κ2) is 11.3. The first-order chi connectivity index (χ1) is 20.8. The lowest BCUT2D eigenvalue weighted by molar-refractivity contribution is -0.154. The maximum absolute atomic E-state index is 14.6. The van der Waals surface area contributed by atoms with E-state index in [0.29, 0.717) is 44.1 Å². The van der Waals surface area contributed by atoms with Crippen LogP contribution in [0.2, 0.25) is 0 Å². The fourth-order valence-corrected chi connectivity index (χ4v) is 7.38. The molecule has 1 spiro atoms.